The third-order valence-electron chi connectivity index (χ3n) is 2.47. The molecule has 0 aromatic heterocycles. The third kappa shape index (κ3) is 2.78. The molecule has 0 N–H and O–H groups in total. The van der Waals surface area contributed by atoms with Crippen LogP contribution in [0.2, 0.25) is 0 Å². The molecule has 1 aromatic rings. The lowest BCUT2D eigenvalue weighted by molar-refractivity contribution is -0.274. The molecule has 1 fully saturated rings. The van der Waals surface area contributed by atoms with Crippen LogP contribution in [0.4, 0.5) is 23.7 Å². The molecule has 5 nitrogen and oxygen atoms in total. The average molecular weight is 274 g/mol. The normalized spacial score (nSPS) is 16.2. The Morgan fingerprint density at radius 2 is 1.74 bits per heavy atom. The number of urea groups is 1. The molecule has 0 bridgehead atoms. The van der Waals surface area contributed by atoms with E-state index in [1.807, 2.05) is 0 Å². The minimum absolute atomic E-state index is 0.0559. The van der Waals surface area contributed by atoms with Gasteiger partial charge in [0.1, 0.15) is 12.3 Å². The molecule has 19 heavy (non-hydrogen) atoms. The highest BCUT2D eigenvalue weighted by Gasteiger charge is 2.35. The highest BCUT2D eigenvalue weighted by molar-refractivity contribution is 6.19. The number of alkyl halides is 3. The zero-order valence-electron chi connectivity index (χ0n) is 9.77. The van der Waals surface area contributed by atoms with Crippen LogP contribution in [0.25, 0.3) is 0 Å². The van der Waals surface area contributed by atoms with E-state index in [1.165, 1.54) is 24.1 Å². The van der Waals surface area contributed by atoms with Gasteiger partial charge < -0.3 is 9.64 Å². The van der Waals surface area contributed by atoms with E-state index in [4.69, 9.17) is 0 Å². The van der Waals surface area contributed by atoms with Crippen molar-refractivity contribution in [2.45, 2.75) is 6.36 Å². The average Bonchev–Trinajstić information content (AvgIpc) is 2.53. The first-order valence-corrected chi connectivity index (χ1v) is 5.22. The molecule has 0 aliphatic carbocycles. The van der Waals surface area contributed by atoms with Gasteiger partial charge in [-0.1, -0.05) is 0 Å². The Morgan fingerprint density at radius 1 is 1.16 bits per heavy atom. The molecule has 8 heteroatoms. The summed E-state index contributed by atoms with van der Waals surface area (Å²) < 4.78 is 39.6. The molecular weight excluding hydrogens is 265 g/mol. The van der Waals surface area contributed by atoms with Gasteiger partial charge in [-0.05, 0) is 24.3 Å². The quantitative estimate of drug-likeness (QED) is 0.775. The number of carbonyl (C=O) groups excluding carboxylic acids is 2. The van der Waals surface area contributed by atoms with Crippen LogP contribution in [0.15, 0.2) is 24.3 Å². The highest BCUT2D eigenvalue weighted by Crippen LogP contribution is 2.27. The summed E-state index contributed by atoms with van der Waals surface area (Å²) in [5.74, 6) is -0.847. The predicted molar refractivity (Wildman–Crippen MR) is 58.6 cm³/mol. The number of carbonyl (C=O) groups is 2. The predicted octanol–water partition coefficient (Wildman–Crippen LogP) is 1.98. The summed E-state index contributed by atoms with van der Waals surface area (Å²) in [6, 6.07) is 4.00. The lowest BCUT2D eigenvalue weighted by Gasteiger charge is -2.15. The molecule has 0 saturated carbocycles. The minimum Gasteiger partial charge on any atom is -0.406 e. The van der Waals surface area contributed by atoms with Crippen molar-refractivity contribution in [3.05, 3.63) is 24.3 Å². The van der Waals surface area contributed by atoms with Crippen LogP contribution < -0.4 is 9.64 Å². The van der Waals surface area contributed by atoms with E-state index < -0.39 is 24.1 Å². The van der Waals surface area contributed by atoms with E-state index in [1.54, 1.807) is 0 Å². The summed E-state index contributed by atoms with van der Waals surface area (Å²) >= 11 is 0. The SMILES string of the molecule is CN1CC(=O)N(c2ccc(OC(F)(F)F)cc2)C1=O. The Hall–Kier alpha value is -2.25. The van der Waals surface area contributed by atoms with Crippen molar-refractivity contribution in [3.8, 4) is 5.75 Å². The first-order chi connectivity index (χ1) is 8.78. The van der Waals surface area contributed by atoms with Crippen LogP contribution in [0.3, 0.4) is 0 Å². The van der Waals surface area contributed by atoms with Crippen LogP contribution in [0, 0.1) is 0 Å². The zero-order valence-corrected chi connectivity index (χ0v) is 9.77. The standard InChI is InChI=1S/C11H9F3N2O3/c1-15-6-9(17)16(10(15)18)7-2-4-8(5-3-7)19-11(12,13)14/h2-5H,6H2,1H3. The number of nitrogens with zero attached hydrogens (tertiary/aromatic N) is 2. The molecule has 0 unspecified atom stereocenters. The maximum absolute atomic E-state index is 12.0. The Kier molecular flexibility index (Phi) is 3.09. The van der Waals surface area contributed by atoms with E-state index in [0.29, 0.717) is 0 Å². The molecule has 102 valence electrons. The van der Waals surface area contributed by atoms with Crippen molar-refractivity contribution in [2.24, 2.45) is 0 Å². The molecule has 1 saturated heterocycles. The molecule has 0 radical (unpaired) electrons. The molecule has 1 heterocycles. The largest absolute Gasteiger partial charge is 0.573 e. The Morgan fingerprint density at radius 3 is 2.16 bits per heavy atom. The second-order valence-corrected chi connectivity index (χ2v) is 3.91. The highest BCUT2D eigenvalue weighted by atomic mass is 19.4. The molecule has 1 aliphatic rings. The van der Waals surface area contributed by atoms with Gasteiger partial charge >= 0.3 is 12.4 Å². The number of hydrogen-bond acceptors (Lipinski definition) is 3. The van der Waals surface area contributed by atoms with E-state index in [-0.39, 0.29) is 12.2 Å². The van der Waals surface area contributed by atoms with Gasteiger partial charge in [-0.25, -0.2) is 9.69 Å². The number of amides is 3. The second kappa shape index (κ2) is 4.45. The summed E-state index contributed by atoms with van der Waals surface area (Å²) in [6.45, 7) is -0.0559. The molecule has 0 atom stereocenters. The third-order valence-corrected chi connectivity index (χ3v) is 2.47. The van der Waals surface area contributed by atoms with Gasteiger partial charge in [0.2, 0.25) is 0 Å². The van der Waals surface area contributed by atoms with Gasteiger partial charge in [0.15, 0.2) is 0 Å². The number of likely N-dealkylation sites (N-methyl/N-ethyl adjacent to an activating group) is 1. The van der Waals surface area contributed by atoms with Gasteiger partial charge in [-0.2, -0.15) is 0 Å². The van der Waals surface area contributed by atoms with Crippen LogP contribution >= 0.6 is 0 Å². The van der Waals surface area contributed by atoms with E-state index >= 15 is 0 Å². The van der Waals surface area contributed by atoms with Crippen molar-refractivity contribution in [3.63, 3.8) is 0 Å². The number of hydrogen-bond donors (Lipinski definition) is 0. The molecule has 0 spiro atoms. The van der Waals surface area contributed by atoms with Crippen LogP contribution in [-0.2, 0) is 4.79 Å². The topological polar surface area (TPSA) is 49.9 Å². The Balaban J connectivity index is 2.19. The number of benzene rings is 1. The fourth-order valence-electron chi connectivity index (χ4n) is 1.67. The van der Waals surface area contributed by atoms with Crippen LogP contribution in [0.5, 0.6) is 5.75 Å². The second-order valence-electron chi connectivity index (χ2n) is 3.91. The summed E-state index contributed by atoms with van der Waals surface area (Å²) in [7, 11) is 1.46. The zero-order chi connectivity index (χ0) is 14.2. The van der Waals surface area contributed by atoms with Gasteiger partial charge in [-0.3, -0.25) is 4.79 Å². The lowest BCUT2D eigenvalue weighted by atomic mass is 10.3. The molecule has 1 aromatic carbocycles. The van der Waals surface area contributed by atoms with E-state index in [0.717, 1.165) is 17.0 Å². The van der Waals surface area contributed by atoms with Gasteiger partial charge in [-0.15, -0.1) is 13.2 Å². The minimum atomic E-state index is -4.78. The number of rotatable bonds is 2. The Bertz CT molecular complexity index is 513. The molecular formula is C11H9F3N2O3. The smallest absolute Gasteiger partial charge is 0.406 e. The maximum Gasteiger partial charge on any atom is 0.573 e. The number of halogens is 3. The van der Waals surface area contributed by atoms with Crippen LogP contribution in [0.1, 0.15) is 0 Å². The first kappa shape index (κ1) is 13.2. The van der Waals surface area contributed by atoms with Crippen molar-refractivity contribution in [1.29, 1.82) is 0 Å². The Labute approximate surface area is 106 Å². The number of anilines is 1. The van der Waals surface area contributed by atoms with Crippen molar-refractivity contribution < 1.29 is 27.5 Å². The maximum atomic E-state index is 12.0. The fourth-order valence-corrected chi connectivity index (χ4v) is 1.67. The number of imide groups is 1. The van der Waals surface area contributed by atoms with Crippen LogP contribution in [-0.4, -0.2) is 36.8 Å². The van der Waals surface area contributed by atoms with E-state index in [9.17, 15) is 22.8 Å². The van der Waals surface area contributed by atoms with Gasteiger partial charge in [0, 0.05) is 7.05 Å². The first-order valence-electron chi connectivity index (χ1n) is 5.22. The summed E-state index contributed by atoms with van der Waals surface area (Å²) in [4.78, 5) is 25.3. The lowest BCUT2D eigenvalue weighted by Crippen LogP contribution is -2.31. The summed E-state index contributed by atoms with van der Waals surface area (Å²) in [5.41, 5.74) is 0.203. The summed E-state index contributed by atoms with van der Waals surface area (Å²) in [5, 5.41) is 0. The number of ether oxygens (including phenoxy) is 1. The van der Waals surface area contributed by atoms with Crippen molar-refractivity contribution in [2.75, 3.05) is 18.5 Å². The van der Waals surface area contributed by atoms with E-state index in [2.05, 4.69) is 4.74 Å². The van der Waals surface area contributed by atoms with Gasteiger partial charge in [0.05, 0.1) is 5.69 Å². The van der Waals surface area contributed by atoms with Crippen molar-refractivity contribution in [1.82, 2.24) is 4.90 Å². The van der Waals surface area contributed by atoms with Gasteiger partial charge in [0.25, 0.3) is 5.91 Å². The monoisotopic (exact) mass is 274 g/mol. The molecule has 1 aliphatic heterocycles. The molecule has 2 rings (SSSR count). The van der Waals surface area contributed by atoms with Crippen molar-refractivity contribution >= 4 is 17.6 Å². The molecule has 3 amide bonds. The fraction of sp³-hybridized carbons (Fsp3) is 0.273. The summed E-state index contributed by atoms with van der Waals surface area (Å²) in [6.07, 6.45) is -4.78.